The molecule has 0 radical (unpaired) electrons. The van der Waals surface area contributed by atoms with Crippen LogP contribution in [0.5, 0.6) is 23.0 Å². The van der Waals surface area contributed by atoms with E-state index in [0.717, 1.165) is 94.0 Å². The zero-order valence-corrected chi connectivity index (χ0v) is 36.1. The van der Waals surface area contributed by atoms with Crippen LogP contribution in [0.25, 0.3) is 32.7 Å². The standard InChI is InChI=1S/C46H43IO8P2/c1-4-7-14-29-21-23-39(32(25-29)15-8-5-2)50-56-52-43-37(45(48)54-56)27-30-17-10-12-19-35(30)41(43)42-36-20-13-11-18-31(36)28-38-44(42)53-57(55-46(38)49)51-40-24-22-34(47)26-33(40)16-9-6-3/h10-13,17-28H,4-9,14-16H2,1-3H3. The topological polar surface area (TPSA) is 89.5 Å². The fraction of sp³-hybridized carbons (Fsp3) is 0.261. The molecule has 2 unspecified atom stereocenters. The third-order valence-electron chi connectivity index (χ3n) is 10.3. The molecule has 2 atom stereocenters. The van der Waals surface area contributed by atoms with E-state index in [4.69, 9.17) is 27.1 Å². The molecule has 2 aliphatic heterocycles. The number of aryl methyl sites for hydroxylation is 3. The number of carbonyl (C=O) groups is 2. The van der Waals surface area contributed by atoms with Gasteiger partial charge in [-0.3, -0.25) is 0 Å². The van der Waals surface area contributed by atoms with Gasteiger partial charge >= 0.3 is 29.1 Å². The van der Waals surface area contributed by atoms with Crippen LogP contribution >= 0.6 is 39.8 Å². The maximum absolute atomic E-state index is 14.0. The molecule has 2 heterocycles. The van der Waals surface area contributed by atoms with Crippen molar-refractivity contribution in [2.75, 3.05) is 0 Å². The normalized spacial score (nSPS) is 15.9. The number of benzene rings is 6. The summed E-state index contributed by atoms with van der Waals surface area (Å²) in [4.78, 5) is 28.0. The van der Waals surface area contributed by atoms with Crippen molar-refractivity contribution in [2.24, 2.45) is 0 Å². The predicted molar refractivity (Wildman–Crippen MR) is 236 cm³/mol. The molecule has 0 aliphatic carbocycles. The molecule has 0 fully saturated rings. The van der Waals surface area contributed by atoms with Crippen molar-refractivity contribution in [3.05, 3.63) is 128 Å². The Labute approximate surface area is 349 Å². The average molecular weight is 913 g/mol. The molecular formula is C46H43IO8P2. The summed E-state index contributed by atoms with van der Waals surface area (Å²) in [6.07, 6.45) is 8.89. The summed E-state index contributed by atoms with van der Waals surface area (Å²) in [5.41, 5.74) is 5.02. The van der Waals surface area contributed by atoms with E-state index in [0.29, 0.717) is 34.1 Å². The van der Waals surface area contributed by atoms with E-state index < -0.39 is 29.1 Å². The van der Waals surface area contributed by atoms with Gasteiger partial charge in [-0.1, -0.05) is 101 Å². The van der Waals surface area contributed by atoms with E-state index >= 15 is 0 Å². The summed E-state index contributed by atoms with van der Waals surface area (Å²) in [5.74, 6) is 0.740. The van der Waals surface area contributed by atoms with Gasteiger partial charge in [0.2, 0.25) is 0 Å². The quantitative estimate of drug-likeness (QED) is 0.0788. The van der Waals surface area contributed by atoms with Crippen molar-refractivity contribution in [3.8, 4) is 34.1 Å². The van der Waals surface area contributed by atoms with E-state index in [2.05, 4.69) is 61.6 Å². The first-order valence-corrected chi connectivity index (χ1v) is 22.9. The van der Waals surface area contributed by atoms with Crippen LogP contribution in [0.1, 0.15) is 96.7 Å². The average Bonchev–Trinajstić information content (AvgIpc) is 3.22. The lowest BCUT2D eigenvalue weighted by molar-refractivity contribution is 0.0685. The molecule has 2 aliphatic rings. The molecule has 0 saturated heterocycles. The molecule has 11 heteroatoms. The Balaban J connectivity index is 1.25. The van der Waals surface area contributed by atoms with Crippen LogP contribution in [0.2, 0.25) is 0 Å². The second kappa shape index (κ2) is 17.6. The zero-order chi connectivity index (χ0) is 39.5. The van der Waals surface area contributed by atoms with E-state index in [1.165, 1.54) is 5.56 Å². The second-order valence-electron chi connectivity index (χ2n) is 14.3. The third kappa shape index (κ3) is 8.30. The molecule has 57 heavy (non-hydrogen) atoms. The minimum absolute atomic E-state index is 0.252. The molecule has 0 bridgehead atoms. The summed E-state index contributed by atoms with van der Waals surface area (Å²) >= 11 is 2.29. The van der Waals surface area contributed by atoms with E-state index in [1.54, 1.807) is 12.1 Å². The number of hydrogen-bond acceptors (Lipinski definition) is 8. The maximum Gasteiger partial charge on any atom is 0.532 e. The van der Waals surface area contributed by atoms with Gasteiger partial charge < -0.3 is 27.1 Å². The lowest BCUT2D eigenvalue weighted by atomic mass is 9.89. The van der Waals surface area contributed by atoms with Crippen LogP contribution in [-0.2, 0) is 28.3 Å². The zero-order valence-electron chi connectivity index (χ0n) is 32.1. The smallest absolute Gasteiger partial charge is 0.408 e. The Morgan fingerprint density at radius 1 is 0.544 bits per heavy atom. The molecule has 292 valence electrons. The molecule has 8 rings (SSSR count). The minimum Gasteiger partial charge on any atom is -0.408 e. The van der Waals surface area contributed by atoms with Gasteiger partial charge in [0.1, 0.15) is 22.6 Å². The summed E-state index contributed by atoms with van der Waals surface area (Å²) in [6, 6.07) is 31.3. The Kier molecular flexibility index (Phi) is 12.2. The van der Waals surface area contributed by atoms with Gasteiger partial charge in [-0.05, 0) is 136 Å². The SMILES string of the molecule is CCCCc1ccc(OP2OC(=O)c3cc4ccccc4c(-c4c5c(cc6ccccc46)C(=O)OP(Oc4ccc(I)cc4CCCC)O5)c3O2)c(CCCC)c1. The summed E-state index contributed by atoms with van der Waals surface area (Å²) in [5, 5.41) is 3.19. The van der Waals surface area contributed by atoms with Gasteiger partial charge in [-0.15, -0.1) is 0 Å². The monoisotopic (exact) mass is 912 g/mol. The highest BCUT2D eigenvalue weighted by Gasteiger charge is 2.40. The Bertz CT molecular complexity index is 2490. The summed E-state index contributed by atoms with van der Waals surface area (Å²) in [6.45, 7) is 6.50. The molecule has 0 aromatic heterocycles. The van der Waals surface area contributed by atoms with Crippen molar-refractivity contribution in [3.63, 3.8) is 0 Å². The molecule has 0 amide bonds. The lowest BCUT2D eigenvalue weighted by Crippen LogP contribution is -2.18. The molecular weight excluding hydrogens is 869 g/mol. The van der Waals surface area contributed by atoms with Gasteiger partial charge in [-0.2, -0.15) is 0 Å². The minimum atomic E-state index is -2.21. The predicted octanol–water partition coefficient (Wildman–Crippen LogP) is 14.0. The van der Waals surface area contributed by atoms with Gasteiger partial charge in [0.15, 0.2) is 11.5 Å². The van der Waals surface area contributed by atoms with E-state index in [1.807, 2.05) is 66.7 Å². The molecule has 6 aromatic carbocycles. The fourth-order valence-corrected chi connectivity index (χ4v) is 9.92. The highest BCUT2D eigenvalue weighted by molar-refractivity contribution is 14.1. The molecule has 0 N–H and O–H groups in total. The number of halogens is 1. The molecule has 0 saturated carbocycles. The number of unbranched alkanes of at least 4 members (excludes halogenated alkanes) is 3. The van der Waals surface area contributed by atoms with E-state index in [-0.39, 0.29) is 11.1 Å². The number of fused-ring (bicyclic) bond motifs is 4. The summed E-state index contributed by atoms with van der Waals surface area (Å²) < 4.78 is 39.2. The largest absolute Gasteiger partial charge is 0.532 e. The van der Waals surface area contributed by atoms with Crippen LogP contribution in [-0.4, -0.2) is 11.9 Å². The van der Waals surface area contributed by atoms with Crippen LogP contribution < -0.4 is 18.1 Å². The van der Waals surface area contributed by atoms with Gasteiger partial charge in [0, 0.05) is 14.7 Å². The number of hydrogen-bond donors (Lipinski definition) is 0. The third-order valence-corrected chi connectivity index (χ3v) is 12.9. The maximum atomic E-state index is 14.0. The van der Waals surface area contributed by atoms with Crippen LogP contribution in [0.15, 0.2) is 97.1 Å². The van der Waals surface area contributed by atoms with Crippen LogP contribution in [0.3, 0.4) is 0 Å². The molecule has 0 spiro atoms. The van der Waals surface area contributed by atoms with Crippen molar-refractivity contribution < 1.29 is 36.7 Å². The Hall–Kier alpha value is -4.43. The first-order chi connectivity index (χ1) is 27.8. The highest BCUT2D eigenvalue weighted by Crippen LogP contribution is 2.59. The van der Waals surface area contributed by atoms with Crippen molar-refractivity contribution in [1.82, 2.24) is 0 Å². The first-order valence-electron chi connectivity index (χ1n) is 19.6. The lowest BCUT2D eigenvalue weighted by Gasteiger charge is -2.29. The van der Waals surface area contributed by atoms with Crippen molar-refractivity contribution in [2.45, 2.75) is 78.6 Å². The second-order valence-corrected chi connectivity index (χ2v) is 17.5. The molecule has 6 aromatic rings. The van der Waals surface area contributed by atoms with E-state index in [9.17, 15) is 9.59 Å². The van der Waals surface area contributed by atoms with Gasteiger partial charge in [0.25, 0.3) is 0 Å². The van der Waals surface area contributed by atoms with Crippen molar-refractivity contribution in [1.29, 1.82) is 0 Å². The van der Waals surface area contributed by atoms with Gasteiger partial charge in [-0.25, -0.2) is 9.59 Å². The number of carbonyl (C=O) groups excluding carboxylic acids is 2. The van der Waals surface area contributed by atoms with Crippen LogP contribution in [0.4, 0.5) is 0 Å². The fourth-order valence-electron chi connectivity index (χ4n) is 7.32. The number of rotatable bonds is 14. The Morgan fingerprint density at radius 3 is 1.54 bits per heavy atom. The first kappa shape index (κ1) is 39.4. The summed E-state index contributed by atoms with van der Waals surface area (Å²) in [7, 11) is -4.41. The van der Waals surface area contributed by atoms with Crippen molar-refractivity contribution >= 4 is 73.3 Å². The van der Waals surface area contributed by atoms with Crippen LogP contribution in [0, 0.1) is 3.57 Å². The Morgan fingerprint density at radius 2 is 1.02 bits per heavy atom. The van der Waals surface area contributed by atoms with Gasteiger partial charge in [0.05, 0.1) is 0 Å². The molecule has 8 nitrogen and oxygen atoms in total. The highest BCUT2D eigenvalue weighted by atomic mass is 127.